The molecular formula is C10H10FNO4. The van der Waals surface area contributed by atoms with E-state index in [-0.39, 0.29) is 5.56 Å². The summed E-state index contributed by atoms with van der Waals surface area (Å²) < 4.78 is 17.1. The maximum atomic E-state index is 12.9. The van der Waals surface area contributed by atoms with Crippen molar-refractivity contribution >= 4 is 12.1 Å². The van der Waals surface area contributed by atoms with Crippen LogP contribution >= 0.6 is 0 Å². The molecule has 0 radical (unpaired) electrons. The number of carboxylic acid groups (broad SMARTS) is 1. The van der Waals surface area contributed by atoms with Gasteiger partial charge in [-0.2, -0.15) is 0 Å². The minimum atomic E-state index is -1.33. The van der Waals surface area contributed by atoms with E-state index in [0.29, 0.717) is 0 Å². The molecule has 0 aromatic heterocycles. The lowest BCUT2D eigenvalue weighted by Crippen LogP contribution is -2.33. The highest BCUT2D eigenvalue weighted by molar-refractivity contribution is 5.81. The van der Waals surface area contributed by atoms with Crippen molar-refractivity contribution in [1.82, 2.24) is 5.32 Å². The zero-order chi connectivity index (χ0) is 12.1. The van der Waals surface area contributed by atoms with E-state index in [1.165, 1.54) is 18.2 Å². The van der Waals surface area contributed by atoms with E-state index in [0.717, 1.165) is 13.2 Å². The minimum Gasteiger partial charge on any atom is -0.479 e. The molecule has 5 nitrogen and oxygen atoms in total. The Labute approximate surface area is 90.8 Å². The van der Waals surface area contributed by atoms with Crippen molar-refractivity contribution in [2.75, 3.05) is 7.11 Å². The first-order valence-electron chi connectivity index (χ1n) is 4.37. The van der Waals surface area contributed by atoms with E-state index in [1.807, 2.05) is 0 Å². The number of halogens is 1. The van der Waals surface area contributed by atoms with Crippen molar-refractivity contribution in [2.45, 2.75) is 6.04 Å². The average molecular weight is 227 g/mol. The average Bonchev–Trinajstić information content (AvgIpc) is 2.25. The van der Waals surface area contributed by atoms with Crippen LogP contribution in [0, 0.1) is 5.82 Å². The SMILES string of the molecule is COC(=O)NC(C(=O)O)c1cccc(F)c1. The van der Waals surface area contributed by atoms with E-state index >= 15 is 0 Å². The number of alkyl carbamates (subject to hydrolysis) is 1. The van der Waals surface area contributed by atoms with Crippen LogP contribution < -0.4 is 5.32 Å². The van der Waals surface area contributed by atoms with Gasteiger partial charge in [0.15, 0.2) is 6.04 Å². The lowest BCUT2D eigenvalue weighted by Gasteiger charge is -2.13. The van der Waals surface area contributed by atoms with Gasteiger partial charge in [-0.3, -0.25) is 0 Å². The summed E-state index contributed by atoms with van der Waals surface area (Å²) in [5.41, 5.74) is 0.137. The molecule has 6 heteroatoms. The number of ether oxygens (including phenoxy) is 1. The highest BCUT2D eigenvalue weighted by atomic mass is 19.1. The van der Waals surface area contributed by atoms with Gasteiger partial charge < -0.3 is 15.2 Å². The third kappa shape index (κ3) is 2.94. The van der Waals surface area contributed by atoms with Crippen LogP contribution in [0.3, 0.4) is 0 Å². The van der Waals surface area contributed by atoms with E-state index in [4.69, 9.17) is 5.11 Å². The standard InChI is InChI=1S/C10H10FNO4/c1-16-10(15)12-8(9(13)14)6-3-2-4-7(11)5-6/h2-5,8H,1H3,(H,12,15)(H,13,14). The van der Waals surface area contributed by atoms with Crippen LogP contribution in [0.4, 0.5) is 9.18 Å². The molecule has 0 aliphatic rings. The molecule has 0 saturated carbocycles. The predicted molar refractivity (Wildman–Crippen MR) is 52.3 cm³/mol. The summed E-state index contributed by atoms with van der Waals surface area (Å²) in [7, 11) is 1.11. The van der Waals surface area contributed by atoms with Gasteiger partial charge in [0.2, 0.25) is 0 Å². The second kappa shape index (κ2) is 5.11. The third-order valence-corrected chi connectivity index (χ3v) is 1.88. The number of nitrogens with one attached hydrogen (secondary N) is 1. The predicted octanol–water partition coefficient (Wildman–Crippen LogP) is 1.31. The molecule has 1 unspecified atom stereocenters. The number of rotatable bonds is 3. The fourth-order valence-corrected chi connectivity index (χ4v) is 1.15. The van der Waals surface area contributed by atoms with E-state index < -0.39 is 23.9 Å². The van der Waals surface area contributed by atoms with Crippen LogP contribution in [-0.4, -0.2) is 24.3 Å². The number of benzene rings is 1. The quantitative estimate of drug-likeness (QED) is 0.816. The highest BCUT2D eigenvalue weighted by Gasteiger charge is 2.22. The van der Waals surface area contributed by atoms with Gasteiger partial charge in [0.05, 0.1) is 7.11 Å². The van der Waals surface area contributed by atoms with Crippen LogP contribution in [0.15, 0.2) is 24.3 Å². The molecule has 1 aromatic carbocycles. The summed E-state index contributed by atoms with van der Waals surface area (Å²) >= 11 is 0. The fourth-order valence-electron chi connectivity index (χ4n) is 1.15. The molecule has 86 valence electrons. The first-order chi connectivity index (χ1) is 7.54. The molecule has 2 N–H and O–H groups in total. The number of amides is 1. The van der Waals surface area contributed by atoms with Gasteiger partial charge in [-0.15, -0.1) is 0 Å². The van der Waals surface area contributed by atoms with E-state index in [1.54, 1.807) is 0 Å². The Kier molecular flexibility index (Phi) is 3.82. The van der Waals surface area contributed by atoms with Crippen molar-refractivity contribution in [2.24, 2.45) is 0 Å². The molecule has 0 heterocycles. The fraction of sp³-hybridized carbons (Fsp3) is 0.200. The number of aliphatic carboxylic acids is 1. The van der Waals surface area contributed by atoms with Gasteiger partial charge >= 0.3 is 12.1 Å². The Balaban J connectivity index is 2.94. The van der Waals surface area contributed by atoms with Crippen molar-refractivity contribution in [3.8, 4) is 0 Å². The summed E-state index contributed by atoms with van der Waals surface area (Å²) in [6.45, 7) is 0. The molecule has 1 rings (SSSR count). The van der Waals surface area contributed by atoms with Gasteiger partial charge in [0.25, 0.3) is 0 Å². The molecular weight excluding hydrogens is 217 g/mol. The topological polar surface area (TPSA) is 75.6 Å². The van der Waals surface area contributed by atoms with Crippen LogP contribution in [0.1, 0.15) is 11.6 Å². The summed E-state index contributed by atoms with van der Waals surface area (Å²) in [5.74, 6) is -1.87. The molecule has 0 bridgehead atoms. The van der Waals surface area contributed by atoms with Crippen LogP contribution in [-0.2, 0) is 9.53 Å². The number of carbonyl (C=O) groups is 2. The van der Waals surface area contributed by atoms with Crippen LogP contribution in [0.2, 0.25) is 0 Å². The smallest absolute Gasteiger partial charge is 0.407 e. The molecule has 0 aliphatic heterocycles. The van der Waals surface area contributed by atoms with Gasteiger partial charge in [-0.1, -0.05) is 12.1 Å². The van der Waals surface area contributed by atoms with Crippen molar-refractivity contribution in [3.05, 3.63) is 35.6 Å². The molecule has 1 aromatic rings. The molecule has 1 amide bonds. The first-order valence-corrected chi connectivity index (χ1v) is 4.37. The monoisotopic (exact) mass is 227 g/mol. The molecule has 0 aliphatic carbocycles. The Hall–Kier alpha value is -2.11. The summed E-state index contributed by atoms with van der Waals surface area (Å²) in [4.78, 5) is 21.8. The van der Waals surface area contributed by atoms with Gasteiger partial charge in [0.1, 0.15) is 5.82 Å². The van der Waals surface area contributed by atoms with Crippen molar-refractivity contribution in [3.63, 3.8) is 0 Å². The lowest BCUT2D eigenvalue weighted by molar-refractivity contribution is -0.139. The Morgan fingerprint density at radius 3 is 2.69 bits per heavy atom. The Bertz CT molecular complexity index is 408. The zero-order valence-electron chi connectivity index (χ0n) is 8.44. The Morgan fingerprint density at radius 1 is 1.50 bits per heavy atom. The van der Waals surface area contributed by atoms with Crippen molar-refractivity contribution in [1.29, 1.82) is 0 Å². The molecule has 0 saturated heterocycles. The molecule has 0 spiro atoms. The van der Waals surface area contributed by atoms with Gasteiger partial charge in [-0.05, 0) is 17.7 Å². The molecule has 0 fully saturated rings. The summed E-state index contributed by atoms with van der Waals surface area (Å²) in [6, 6.07) is 3.65. The zero-order valence-corrected chi connectivity index (χ0v) is 8.44. The van der Waals surface area contributed by atoms with E-state index in [2.05, 4.69) is 10.1 Å². The largest absolute Gasteiger partial charge is 0.479 e. The second-order valence-corrected chi connectivity index (χ2v) is 2.96. The maximum absolute atomic E-state index is 12.9. The third-order valence-electron chi connectivity index (χ3n) is 1.88. The minimum absolute atomic E-state index is 0.137. The highest BCUT2D eigenvalue weighted by Crippen LogP contribution is 2.14. The number of hydrogen-bond donors (Lipinski definition) is 2. The number of methoxy groups -OCH3 is 1. The van der Waals surface area contributed by atoms with Gasteiger partial charge in [0, 0.05) is 0 Å². The lowest BCUT2D eigenvalue weighted by atomic mass is 10.1. The Morgan fingerprint density at radius 2 is 2.19 bits per heavy atom. The van der Waals surface area contributed by atoms with Gasteiger partial charge in [-0.25, -0.2) is 14.0 Å². The van der Waals surface area contributed by atoms with Crippen molar-refractivity contribution < 1.29 is 23.8 Å². The second-order valence-electron chi connectivity index (χ2n) is 2.96. The number of carbonyl (C=O) groups excluding carboxylic acids is 1. The molecule has 1 atom stereocenters. The summed E-state index contributed by atoms with van der Waals surface area (Å²) in [6.07, 6.45) is -0.892. The summed E-state index contributed by atoms with van der Waals surface area (Å²) in [5, 5.41) is 11.0. The van der Waals surface area contributed by atoms with Crippen LogP contribution in [0.25, 0.3) is 0 Å². The van der Waals surface area contributed by atoms with Crippen LogP contribution in [0.5, 0.6) is 0 Å². The molecule has 16 heavy (non-hydrogen) atoms. The normalized spacial score (nSPS) is 11.6. The number of hydrogen-bond acceptors (Lipinski definition) is 3. The number of carboxylic acids is 1. The maximum Gasteiger partial charge on any atom is 0.407 e. The van der Waals surface area contributed by atoms with E-state index in [9.17, 15) is 14.0 Å². The first kappa shape index (κ1) is 12.0.